The highest BCUT2D eigenvalue weighted by atomic mass is 16.1. The molecule has 2 atom stereocenters. The third kappa shape index (κ3) is 2.85. The Morgan fingerprint density at radius 3 is 2.46 bits per heavy atom. The molecular weight excluding hydrogens is 322 g/mol. The van der Waals surface area contributed by atoms with Crippen molar-refractivity contribution >= 4 is 5.78 Å². The van der Waals surface area contributed by atoms with Gasteiger partial charge >= 0.3 is 0 Å². The molecular formula is C22H25N3O. The van der Waals surface area contributed by atoms with Gasteiger partial charge in [-0.05, 0) is 37.0 Å². The van der Waals surface area contributed by atoms with E-state index in [1.807, 2.05) is 44.2 Å². The lowest BCUT2D eigenvalue weighted by Gasteiger charge is -2.36. The van der Waals surface area contributed by atoms with Gasteiger partial charge in [0.1, 0.15) is 12.7 Å². The summed E-state index contributed by atoms with van der Waals surface area (Å²) in [5.74, 6) is 0.0174. The van der Waals surface area contributed by atoms with Crippen molar-refractivity contribution in [3.05, 3.63) is 83.4 Å². The van der Waals surface area contributed by atoms with Gasteiger partial charge in [0.25, 0.3) is 0 Å². The molecule has 134 valence electrons. The molecule has 4 heteroatoms. The van der Waals surface area contributed by atoms with Gasteiger partial charge in [-0.3, -0.25) is 4.79 Å². The summed E-state index contributed by atoms with van der Waals surface area (Å²) < 4.78 is 1.72. The first kappa shape index (κ1) is 18.1. The molecule has 0 aliphatic rings. The van der Waals surface area contributed by atoms with Crippen molar-refractivity contribution in [2.45, 2.75) is 39.7 Å². The van der Waals surface area contributed by atoms with Gasteiger partial charge < -0.3 is 0 Å². The van der Waals surface area contributed by atoms with E-state index < -0.39 is 5.54 Å². The Bertz CT molecular complexity index is 887. The number of carbonyl (C=O) groups excluding carboxylic acids is 1. The minimum Gasteiger partial charge on any atom is -0.296 e. The topological polar surface area (TPSA) is 47.8 Å². The predicted molar refractivity (Wildman–Crippen MR) is 103 cm³/mol. The standard InChI is InChI=1S/C22H25N3O/c1-5-17(3)21(26)22(25-15-23-14-24-25,19-9-7-6-8-10-19)20-12-11-16(2)13-18(20)4/h6-15,17H,5H2,1-4H3. The van der Waals surface area contributed by atoms with Crippen LogP contribution in [0.15, 0.2) is 61.2 Å². The van der Waals surface area contributed by atoms with E-state index in [2.05, 4.69) is 42.1 Å². The van der Waals surface area contributed by atoms with Crippen LogP contribution < -0.4 is 0 Å². The van der Waals surface area contributed by atoms with Gasteiger partial charge in [0, 0.05) is 5.92 Å². The van der Waals surface area contributed by atoms with Crippen LogP contribution in [0.3, 0.4) is 0 Å². The number of carbonyl (C=O) groups is 1. The van der Waals surface area contributed by atoms with E-state index in [9.17, 15) is 4.79 Å². The number of benzene rings is 2. The van der Waals surface area contributed by atoms with E-state index in [-0.39, 0.29) is 11.7 Å². The van der Waals surface area contributed by atoms with Crippen LogP contribution in [0.2, 0.25) is 0 Å². The van der Waals surface area contributed by atoms with E-state index in [1.54, 1.807) is 11.0 Å². The van der Waals surface area contributed by atoms with Crippen LogP contribution in [0.25, 0.3) is 0 Å². The maximum absolute atomic E-state index is 13.8. The van der Waals surface area contributed by atoms with Crippen LogP contribution >= 0.6 is 0 Å². The van der Waals surface area contributed by atoms with Crippen LogP contribution in [-0.2, 0) is 10.3 Å². The molecule has 2 aromatic carbocycles. The molecule has 0 radical (unpaired) electrons. The van der Waals surface area contributed by atoms with Crippen molar-refractivity contribution < 1.29 is 4.79 Å². The normalized spacial score (nSPS) is 14.6. The number of aromatic nitrogens is 3. The number of hydrogen-bond acceptors (Lipinski definition) is 3. The SMILES string of the molecule is CCC(C)C(=O)C(c1ccccc1)(c1ccc(C)cc1C)n1cncn1. The molecule has 0 N–H and O–H groups in total. The van der Waals surface area contributed by atoms with Crippen LogP contribution in [0.5, 0.6) is 0 Å². The summed E-state index contributed by atoms with van der Waals surface area (Å²) in [6.45, 7) is 8.15. The number of rotatable bonds is 6. The van der Waals surface area contributed by atoms with Crippen LogP contribution in [0.1, 0.15) is 42.5 Å². The molecule has 0 amide bonds. The van der Waals surface area contributed by atoms with Gasteiger partial charge in [0.15, 0.2) is 11.3 Å². The summed E-state index contributed by atoms with van der Waals surface area (Å²) in [4.78, 5) is 18.0. The van der Waals surface area contributed by atoms with Gasteiger partial charge in [-0.15, -0.1) is 0 Å². The van der Waals surface area contributed by atoms with Gasteiger partial charge in [0.2, 0.25) is 0 Å². The quantitative estimate of drug-likeness (QED) is 0.668. The summed E-state index contributed by atoms with van der Waals surface area (Å²) in [5.41, 5.74) is 3.07. The number of hydrogen-bond donors (Lipinski definition) is 0. The Hall–Kier alpha value is -2.75. The van der Waals surface area contributed by atoms with Gasteiger partial charge in [-0.1, -0.05) is 67.9 Å². The Morgan fingerprint density at radius 2 is 1.88 bits per heavy atom. The first-order valence-corrected chi connectivity index (χ1v) is 9.04. The molecule has 0 bridgehead atoms. The minimum absolute atomic E-state index is 0.111. The Labute approximate surface area is 154 Å². The van der Waals surface area contributed by atoms with Gasteiger partial charge in [0.05, 0.1) is 0 Å². The van der Waals surface area contributed by atoms with Crippen LogP contribution in [0.4, 0.5) is 0 Å². The lowest BCUT2D eigenvalue weighted by Crippen LogP contribution is -2.47. The van der Waals surface area contributed by atoms with Gasteiger partial charge in [-0.25, -0.2) is 9.67 Å². The third-order valence-corrected chi connectivity index (χ3v) is 5.14. The number of aryl methyl sites for hydroxylation is 2. The molecule has 0 aliphatic carbocycles. The lowest BCUT2D eigenvalue weighted by molar-refractivity contribution is -0.128. The van der Waals surface area contributed by atoms with Crippen LogP contribution in [0, 0.1) is 19.8 Å². The molecule has 1 aromatic heterocycles. The molecule has 0 spiro atoms. The average molecular weight is 347 g/mol. The minimum atomic E-state index is -1.02. The zero-order valence-corrected chi connectivity index (χ0v) is 15.8. The molecule has 0 saturated heterocycles. The smallest absolute Gasteiger partial charge is 0.173 e. The predicted octanol–water partition coefficient (Wildman–Crippen LogP) is 4.30. The number of Topliss-reactive ketones (excluding diaryl/α,β-unsaturated/α-hetero) is 1. The summed E-state index contributed by atoms with van der Waals surface area (Å²) >= 11 is 0. The highest BCUT2D eigenvalue weighted by molar-refractivity contribution is 5.95. The number of nitrogens with zero attached hydrogens (tertiary/aromatic N) is 3. The third-order valence-electron chi connectivity index (χ3n) is 5.14. The largest absolute Gasteiger partial charge is 0.296 e. The Balaban J connectivity index is 2.41. The second-order valence-corrected chi connectivity index (χ2v) is 6.91. The van der Waals surface area contributed by atoms with Crippen molar-refractivity contribution in [2.75, 3.05) is 0 Å². The molecule has 4 nitrogen and oxygen atoms in total. The van der Waals surface area contributed by atoms with E-state index in [4.69, 9.17) is 0 Å². The second kappa shape index (κ2) is 7.24. The fourth-order valence-electron chi connectivity index (χ4n) is 3.62. The van der Waals surface area contributed by atoms with E-state index in [0.717, 1.165) is 23.1 Å². The van der Waals surface area contributed by atoms with Crippen molar-refractivity contribution in [1.29, 1.82) is 0 Å². The molecule has 1 heterocycles. The molecule has 3 rings (SSSR count). The monoisotopic (exact) mass is 347 g/mol. The highest BCUT2D eigenvalue weighted by Gasteiger charge is 2.46. The van der Waals surface area contributed by atoms with E-state index in [0.29, 0.717) is 0 Å². The molecule has 26 heavy (non-hydrogen) atoms. The first-order valence-electron chi connectivity index (χ1n) is 9.04. The molecule has 0 saturated carbocycles. The summed E-state index contributed by atoms with van der Waals surface area (Å²) in [6, 6.07) is 16.1. The van der Waals surface area contributed by atoms with Crippen molar-refractivity contribution in [3.8, 4) is 0 Å². The fourth-order valence-corrected chi connectivity index (χ4v) is 3.62. The fraction of sp³-hybridized carbons (Fsp3) is 0.318. The zero-order valence-electron chi connectivity index (χ0n) is 15.8. The van der Waals surface area contributed by atoms with Crippen molar-refractivity contribution in [1.82, 2.24) is 14.8 Å². The van der Waals surface area contributed by atoms with Gasteiger partial charge in [-0.2, -0.15) is 5.10 Å². The van der Waals surface area contributed by atoms with Crippen molar-refractivity contribution in [2.24, 2.45) is 5.92 Å². The highest BCUT2D eigenvalue weighted by Crippen LogP contribution is 2.39. The lowest BCUT2D eigenvalue weighted by atomic mass is 9.73. The summed E-state index contributed by atoms with van der Waals surface area (Å²) in [5, 5.41) is 4.43. The van der Waals surface area contributed by atoms with E-state index >= 15 is 0 Å². The summed E-state index contributed by atoms with van der Waals surface area (Å²) in [7, 11) is 0. The zero-order chi connectivity index (χ0) is 18.7. The Morgan fingerprint density at radius 1 is 1.15 bits per heavy atom. The first-order chi connectivity index (χ1) is 12.5. The van der Waals surface area contributed by atoms with E-state index in [1.165, 1.54) is 11.9 Å². The summed E-state index contributed by atoms with van der Waals surface area (Å²) in [6.07, 6.45) is 3.91. The Kier molecular flexibility index (Phi) is 5.03. The van der Waals surface area contributed by atoms with Crippen molar-refractivity contribution in [3.63, 3.8) is 0 Å². The molecule has 2 unspecified atom stereocenters. The van der Waals surface area contributed by atoms with Crippen LogP contribution in [-0.4, -0.2) is 20.5 Å². The second-order valence-electron chi connectivity index (χ2n) is 6.91. The maximum Gasteiger partial charge on any atom is 0.173 e. The molecule has 0 fully saturated rings. The average Bonchev–Trinajstić information content (AvgIpc) is 3.19. The number of ketones is 1. The molecule has 3 aromatic rings. The molecule has 0 aliphatic heterocycles. The maximum atomic E-state index is 13.8.